The van der Waals surface area contributed by atoms with E-state index < -0.39 is 10.0 Å². The molecule has 0 fully saturated rings. The molecule has 0 aliphatic rings. The largest absolute Gasteiger partial charge is 0.244 e. The molecule has 0 aliphatic heterocycles. The van der Waals surface area contributed by atoms with Crippen LogP contribution in [-0.4, -0.2) is 13.4 Å². The third-order valence-corrected chi connectivity index (χ3v) is 4.44. The zero-order chi connectivity index (χ0) is 13.0. The van der Waals surface area contributed by atoms with E-state index in [1.165, 1.54) is 29.7 Å². The van der Waals surface area contributed by atoms with Crippen molar-refractivity contribution in [1.29, 1.82) is 5.26 Å². The monoisotopic (exact) mass is 279 g/mol. The van der Waals surface area contributed by atoms with E-state index in [1.54, 1.807) is 0 Å². The second kappa shape index (κ2) is 5.27. The summed E-state index contributed by atoms with van der Waals surface area (Å²) in [6.45, 7) is 0.250. The van der Waals surface area contributed by atoms with Gasteiger partial charge in [-0.05, 0) is 23.6 Å². The lowest BCUT2D eigenvalue weighted by atomic mass is 10.4. The highest BCUT2D eigenvalue weighted by atomic mass is 32.2. The first kappa shape index (κ1) is 12.7. The minimum atomic E-state index is -3.58. The number of hydrogen-bond donors (Lipinski definition) is 1. The summed E-state index contributed by atoms with van der Waals surface area (Å²) in [6.07, 6.45) is 1.18. The van der Waals surface area contributed by atoms with Crippen LogP contribution in [0, 0.1) is 11.3 Å². The summed E-state index contributed by atoms with van der Waals surface area (Å²) in [4.78, 5) is 4.72. The van der Waals surface area contributed by atoms with Gasteiger partial charge in [-0.15, -0.1) is 11.3 Å². The van der Waals surface area contributed by atoms with Gasteiger partial charge in [0.2, 0.25) is 10.0 Å². The van der Waals surface area contributed by atoms with Crippen LogP contribution in [0.3, 0.4) is 0 Å². The number of thiophene rings is 1. The van der Waals surface area contributed by atoms with E-state index in [-0.39, 0.29) is 17.1 Å². The van der Waals surface area contributed by atoms with Gasteiger partial charge in [-0.1, -0.05) is 6.07 Å². The van der Waals surface area contributed by atoms with Crippen LogP contribution < -0.4 is 4.72 Å². The summed E-state index contributed by atoms with van der Waals surface area (Å²) in [7, 11) is -3.58. The van der Waals surface area contributed by atoms with Gasteiger partial charge < -0.3 is 0 Å². The second-order valence-corrected chi connectivity index (χ2v) is 6.19. The molecule has 0 unspecified atom stereocenters. The molecule has 0 atom stereocenters. The van der Waals surface area contributed by atoms with Gasteiger partial charge in [-0.25, -0.2) is 18.1 Å². The first-order valence-corrected chi connectivity index (χ1v) is 7.36. The standard InChI is InChI=1S/C11H9N3O2S2/c12-6-9-3-4-11(8-13-9)18(15,16)14-7-10-2-1-5-17-10/h1-5,8,14H,7H2. The number of nitrogens with zero attached hydrogens (tertiary/aromatic N) is 2. The van der Waals surface area contributed by atoms with E-state index in [0.717, 1.165) is 4.88 Å². The topological polar surface area (TPSA) is 82.8 Å². The van der Waals surface area contributed by atoms with Crippen molar-refractivity contribution >= 4 is 21.4 Å². The Hall–Kier alpha value is -1.75. The summed E-state index contributed by atoms with van der Waals surface area (Å²) in [5, 5.41) is 10.5. The van der Waals surface area contributed by atoms with Crippen molar-refractivity contribution in [3.8, 4) is 6.07 Å². The smallest absolute Gasteiger partial charge is 0.242 e. The Morgan fingerprint density at radius 2 is 2.22 bits per heavy atom. The quantitative estimate of drug-likeness (QED) is 0.919. The van der Waals surface area contributed by atoms with Gasteiger partial charge in [-0.3, -0.25) is 0 Å². The van der Waals surface area contributed by atoms with E-state index in [9.17, 15) is 8.42 Å². The van der Waals surface area contributed by atoms with Crippen LogP contribution in [0.1, 0.15) is 10.6 Å². The molecule has 2 rings (SSSR count). The molecule has 92 valence electrons. The van der Waals surface area contributed by atoms with Crippen molar-refractivity contribution in [2.75, 3.05) is 0 Å². The zero-order valence-electron chi connectivity index (χ0n) is 9.20. The molecule has 0 bridgehead atoms. The number of aromatic nitrogens is 1. The Morgan fingerprint density at radius 3 is 2.78 bits per heavy atom. The number of sulfonamides is 1. The summed E-state index contributed by atoms with van der Waals surface area (Å²) >= 11 is 1.48. The summed E-state index contributed by atoms with van der Waals surface area (Å²) < 4.78 is 26.3. The summed E-state index contributed by atoms with van der Waals surface area (Å²) in [5.74, 6) is 0. The fraction of sp³-hybridized carbons (Fsp3) is 0.0909. The number of nitrogens with one attached hydrogen (secondary N) is 1. The van der Waals surface area contributed by atoms with E-state index in [4.69, 9.17) is 5.26 Å². The van der Waals surface area contributed by atoms with Gasteiger partial charge in [0.1, 0.15) is 16.7 Å². The average molecular weight is 279 g/mol. The summed E-state index contributed by atoms with van der Waals surface area (Å²) in [5.41, 5.74) is 0.187. The van der Waals surface area contributed by atoms with Crippen molar-refractivity contribution in [2.24, 2.45) is 0 Å². The first-order chi connectivity index (χ1) is 8.62. The molecular formula is C11H9N3O2S2. The maximum atomic E-state index is 11.9. The lowest BCUT2D eigenvalue weighted by Crippen LogP contribution is -2.22. The fourth-order valence-electron chi connectivity index (χ4n) is 1.27. The maximum Gasteiger partial charge on any atom is 0.242 e. The molecule has 18 heavy (non-hydrogen) atoms. The number of nitriles is 1. The third kappa shape index (κ3) is 2.92. The third-order valence-electron chi connectivity index (χ3n) is 2.18. The minimum absolute atomic E-state index is 0.0538. The molecule has 0 saturated heterocycles. The van der Waals surface area contributed by atoms with Crippen LogP contribution >= 0.6 is 11.3 Å². The Balaban J connectivity index is 2.13. The lowest BCUT2D eigenvalue weighted by molar-refractivity contribution is 0.581. The predicted molar refractivity (Wildman–Crippen MR) is 67.3 cm³/mol. The maximum absolute atomic E-state index is 11.9. The fourth-order valence-corrected chi connectivity index (χ4v) is 2.95. The molecule has 5 nitrogen and oxygen atoms in total. The van der Waals surface area contributed by atoms with Crippen molar-refractivity contribution in [2.45, 2.75) is 11.4 Å². The Morgan fingerprint density at radius 1 is 1.39 bits per heavy atom. The number of rotatable bonds is 4. The highest BCUT2D eigenvalue weighted by molar-refractivity contribution is 7.89. The molecule has 7 heteroatoms. The van der Waals surface area contributed by atoms with Gasteiger partial charge >= 0.3 is 0 Å². The average Bonchev–Trinajstić information content (AvgIpc) is 2.90. The van der Waals surface area contributed by atoms with Crippen LogP contribution in [0.25, 0.3) is 0 Å². The Labute approximate surface area is 109 Å². The molecule has 0 radical (unpaired) electrons. The highest BCUT2D eigenvalue weighted by Crippen LogP contribution is 2.11. The molecule has 0 saturated carbocycles. The van der Waals surface area contributed by atoms with Crippen LogP contribution in [0.4, 0.5) is 0 Å². The predicted octanol–water partition coefficient (Wildman–Crippen LogP) is 1.49. The molecule has 0 aliphatic carbocycles. The summed E-state index contributed by atoms with van der Waals surface area (Å²) in [6, 6.07) is 8.28. The Bertz CT molecular complexity index is 655. The van der Waals surface area contributed by atoms with Crippen molar-refractivity contribution in [1.82, 2.24) is 9.71 Å². The molecule has 2 aromatic heterocycles. The van der Waals surface area contributed by atoms with Crippen LogP contribution in [0.15, 0.2) is 40.7 Å². The minimum Gasteiger partial charge on any atom is -0.244 e. The van der Waals surface area contributed by atoms with Crippen LogP contribution in [-0.2, 0) is 16.6 Å². The zero-order valence-corrected chi connectivity index (χ0v) is 10.8. The molecule has 2 aromatic rings. The molecule has 0 aromatic carbocycles. The van der Waals surface area contributed by atoms with E-state index >= 15 is 0 Å². The SMILES string of the molecule is N#Cc1ccc(S(=O)(=O)NCc2cccs2)cn1. The van der Waals surface area contributed by atoms with Crippen molar-refractivity contribution < 1.29 is 8.42 Å². The normalized spacial score (nSPS) is 11.1. The van der Waals surface area contributed by atoms with Crippen LogP contribution in [0.5, 0.6) is 0 Å². The Kier molecular flexibility index (Phi) is 3.72. The van der Waals surface area contributed by atoms with Crippen molar-refractivity contribution in [3.63, 3.8) is 0 Å². The molecule has 0 spiro atoms. The van der Waals surface area contributed by atoms with Gasteiger partial charge in [0.15, 0.2) is 0 Å². The van der Waals surface area contributed by atoms with Crippen molar-refractivity contribution in [3.05, 3.63) is 46.4 Å². The van der Waals surface area contributed by atoms with E-state index in [1.807, 2.05) is 23.6 Å². The van der Waals surface area contributed by atoms with E-state index in [2.05, 4.69) is 9.71 Å². The molecule has 2 heterocycles. The number of hydrogen-bond acceptors (Lipinski definition) is 5. The molecule has 0 amide bonds. The van der Waals surface area contributed by atoms with Gasteiger partial charge in [0.05, 0.1) is 0 Å². The van der Waals surface area contributed by atoms with Gasteiger partial charge in [-0.2, -0.15) is 5.26 Å². The van der Waals surface area contributed by atoms with Gasteiger partial charge in [0.25, 0.3) is 0 Å². The first-order valence-electron chi connectivity index (χ1n) is 5.00. The highest BCUT2D eigenvalue weighted by Gasteiger charge is 2.14. The van der Waals surface area contributed by atoms with E-state index in [0.29, 0.717) is 0 Å². The van der Waals surface area contributed by atoms with Crippen LogP contribution in [0.2, 0.25) is 0 Å². The molecular weight excluding hydrogens is 270 g/mol. The lowest BCUT2D eigenvalue weighted by Gasteiger charge is -2.04. The number of pyridine rings is 1. The van der Waals surface area contributed by atoms with Gasteiger partial charge in [0, 0.05) is 17.6 Å². The molecule has 1 N–H and O–H groups in total. The second-order valence-electron chi connectivity index (χ2n) is 3.39.